The van der Waals surface area contributed by atoms with Crippen LogP contribution in [-0.2, 0) is 19.2 Å². The third-order valence-electron chi connectivity index (χ3n) is 5.70. The van der Waals surface area contributed by atoms with E-state index in [0.717, 1.165) is 11.8 Å². The summed E-state index contributed by atoms with van der Waals surface area (Å²) in [5.74, 6) is -2.68. The summed E-state index contributed by atoms with van der Waals surface area (Å²) in [5, 5.41) is 33.0. The number of methoxy groups -OCH3 is 2. The molecule has 4 atom stereocenters. The number of hydrogen-bond acceptors (Lipinski definition) is 10. The third-order valence-corrected chi connectivity index (χ3v) is 7.10. The van der Waals surface area contributed by atoms with Crippen LogP contribution in [0.3, 0.4) is 0 Å². The molecule has 0 spiro atoms. The fourth-order valence-corrected chi connectivity index (χ4v) is 5.10. The highest BCUT2D eigenvalue weighted by molar-refractivity contribution is 7.99. The predicted molar refractivity (Wildman–Crippen MR) is 133 cm³/mol. The molecule has 1 aliphatic heterocycles. The average molecular weight is 544 g/mol. The molecule has 1 heterocycles. The first-order chi connectivity index (χ1) is 17.3. The molecule has 0 aromatic heterocycles. The zero-order valence-corrected chi connectivity index (χ0v) is 21.8. The highest BCUT2D eigenvalue weighted by atomic mass is 32.2. The van der Waals surface area contributed by atoms with E-state index in [1.54, 1.807) is 26.0 Å². The Morgan fingerprint density at radius 2 is 1.78 bits per heavy atom. The number of carboxylic acid groups (broad SMARTS) is 2. The molecule has 1 aromatic carbocycles. The number of nitrogens with one attached hydrogen (secondary N) is 2. The molecular formula is C23H33N3O10S. The van der Waals surface area contributed by atoms with E-state index in [-0.39, 0.29) is 18.6 Å². The van der Waals surface area contributed by atoms with Crippen LogP contribution in [0.1, 0.15) is 37.5 Å². The minimum Gasteiger partial charge on any atom is -0.493 e. The van der Waals surface area contributed by atoms with Gasteiger partial charge in [0.05, 0.1) is 19.5 Å². The number of carbonyl (C=O) groups excluding carboxylic acids is 2. The Hall–Kier alpha value is -3.23. The summed E-state index contributed by atoms with van der Waals surface area (Å²) in [6.45, 7) is 2.75. The molecule has 0 saturated heterocycles. The van der Waals surface area contributed by atoms with Crippen LogP contribution in [0.25, 0.3) is 0 Å². The van der Waals surface area contributed by atoms with Gasteiger partial charge in [0.25, 0.3) is 0 Å². The number of aliphatic carboxylic acids is 2. The Balaban J connectivity index is 2.27. The van der Waals surface area contributed by atoms with E-state index < -0.39 is 59.3 Å². The number of carboxylic acids is 2. The van der Waals surface area contributed by atoms with Crippen molar-refractivity contribution in [2.75, 3.05) is 26.5 Å². The molecule has 0 saturated carbocycles. The van der Waals surface area contributed by atoms with Crippen LogP contribution in [0, 0.1) is 0 Å². The van der Waals surface area contributed by atoms with Crippen molar-refractivity contribution < 1.29 is 48.7 Å². The van der Waals surface area contributed by atoms with Crippen LogP contribution < -0.4 is 30.6 Å². The number of benzene rings is 1. The number of rotatable bonds is 13. The van der Waals surface area contributed by atoms with Gasteiger partial charge in [0.1, 0.15) is 36.1 Å². The van der Waals surface area contributed by atoms with Crippen molar-refractivity contribution in [3.8, 4) is 17.2 Å². The Bertz CT molecular complexity index is 1020. The fraction of sp³-hybridized carbons (Fsp3) is 0.565. The topological polar surface area (TPSA) is 207 Å². The molecule has 2 amide bonds. The lowest BCUT2D eigenvalue weighted by Crippen LogP contribution is -2.51. The number of aliphatic hydroxyl groups excluding tert-OH is 1. The van der Waals surface area contributed by atoms with Crippen molar-refractivity contribution in [1.82, 2.24) is 10.6 Å². The highest BCUT2D eigenvalue weighted by Gasteiger charge is 2.44. The van der Waals surface area contributed by atoms with Gasteiger partial charge in [-0.15, -0.1) is 11.8 Å². The van der Waals surface area contributed by atoms with Crippen molar-refractivity contribution in [1.29, 1.82) is 0 Å². The lowest BCUT2D eigenvalue weighted by Gasteiger charge is -2.42. The molecule has 1 aromatic rings. The summed E-state index contributed by atoms with van der Waals surface area (Å²) >= 11 is 1.16. The van der Waals surface area contributed by atoms with Crippen LogP contribution in [0.2, 0.25) is 0 Å². The molecule has 13 nitrogen and oxygen atoms in total. The first-order valence-corrected chi connectivity index (χ1v) is 12.4. The Morgan fingerprint density at radius 3 is 2.35 bits per heavy atom. The van der Waals surface area contributed by atoms with E-state index in [4.69, 9.17) is 30.2 Å². The second-order valence-electron chi connectivity index (χ2n) is 8.86. The maximum Gasteiger partial charge on any atom is 0.322 e. The van der Waals surface area contributed by atoms with Crippen LogP contribution in [0.4, 0.5) is 0 Å². The molecule has 0 bridgehead atoms. The molecular weight excluding hydrogens is 510 g/mol. The van der Waals surface area contributed by atoms with Crippen LogP contribution in [0.5, 0.6) is 17.2 Å². The zero-order chi connectivity index (χ0) is 27.9. The molecule has 0 radical (unpaired) electrons. The normalized spacial score (nSPS) is 19.4. The van der Waals surface area contributed by atoms with Crippen molar-refractivity contribution >= 4 is 35.5 Å². The largest absolute Gasteiger partial charge is 0.493 e. The van der Waals surface area contributed by atoms with Crippen LogP contribution in [-0.4, -0.2) is 89.4 Å². The first-order valence-electron chi connectivity index (χ1n) is 11.3. The average Bonchev–Trinajstić information content (AvgIpc) is 2.84. The highest BCUT2D eigenvalue weighted by Crippen LogP contribution is 2.50. The van der Waals surface area contributed by atoms with E-state index in [1.165, 1.54) is 14.2 Å². The van der Waals surface area contributed by atoms with E-state index in [0.29, 0.717) is 22.8 Å². The minimum atomic E-state index is -1.27. The molecule has 206 valence electrons. The van der Waals surface area contributed by atoms with Crippen molar-refractivity contribution in [2.45, 2.75) is 55.7 Å². The van der Waals surface area contributed by atoms with Gasteiger partial charge in [-0.25, -0.2) is 0 Å². The van der Waals surface area contributed by atoms with Gasteiger partial charge < -0.3 is 45.9 Å². The number of thioether (sulfide) groups is 1. The van der Waals surface area contributed by atoms with Crippen LogP contribution >= 0.6 is 11.8 Å². The summed E-state index contributed by atoms with van der Waals surface area (Å²) < 4.78 is 16.7. The summed E-state index contributed by atoms with van der Waals surface area (Å²) in [6.07, 6.45) is -1.44. The van der Waals surface area contributed by atoms with Gasteiger partial charge in [0.2, 0.25) is 11.8 Å². The molecule has 0 fully saturated rings. The number of nitrogens with two attached hydrogens (primary N) is 1. The van der Waals surface area contributed by atoms with E-state index in [1.807, 2.05) is 0 Å². The number of hydrogen-bond donors (Lipinski definition) is 6. The summed E-state index contributed by atoms with van der Waals surface area (Å²) in [4.78, 5) is 46.9. The molecule has 7 N–H and O–H groups in total. The molecule has 1 aliphatic rings. The van der Waals surface area contributed by atoms with Gasteiger partial charge >= 0.3 is 11.9 Å². The lowest BCUT2D eigenvalue weighted by molar-refractivity contribution is -0.139. The summed E-state index contributed by atoms with van der Waals surface area (Å²) in [7, 11) is 2.94. The van der Waals surface area contributed by atoms with Gasteiger partial charge in [-0.05, 0) is 26.3 Å². The minimum absolute atomic E-state index is 0.0478. The summed E-state index contributed by atoms with van der Waals surface area (Å²) in [6, 6.07) is 0.873. The number of carbonyl (C=O) groups is 4. The van der Waals surface area contributed by atoms with Crippen molar-refractivity contribution in [3.63, 3.8) is 0 Å². The fourth-order valence-electron chi connectivity index (χ4n) is 3.59. The molecule has 37 heavy (non-hydrogen) atoms. The maximum atomic E-state index is 12.7. The summed E-state index contributed by atoms with van der Waals surface area (Å²) in [5.41, 5.74) is 5.00. The number of aliphatic hydroxyl groups is 1. The number of fused-ring (bicyclic) bond motifs is 1. The second-order valence-corrected chi connectivity index (χ2v) is 10.0. The van der Waals surface area contributed by atoms with Gasteiger partial charge in [0, 0.05) is 23.8 Å². The Kier molecular flexibility index (Phi) is 10.4. The van der Waals surface area contributed by atoms with Crippen molar-refractivity contribution in [2.24, 2.45) is 5.73 Å². The zero-order valence-electron chi connectivity index (χ0n) is 21.0. The lowest BCUT2D eigenvalue weighted by atomic mass is 9.90. The standard InChI is InChI=1S/C23H33N3O10S/c1-23(2)20(30)19(11-7-15(34-3)16(35-4)8-14(11)36-23)37-10-13(21(31)25-9-18(28)29)26-17(27)6-5-12(24)22(32)33/h7-8,12-13,19-20,30H,5-6,9-10,24H2,1-4H3,(H,25,31)(H,26,27)(H,28,29)(H,32,33)/t12-,13-,19-,20-/m0/s1. The maximum absolute atomic E-state index is 12.7. The van der Waals surface area contributed by atoms with E-state index >= 15 is 0 Å². The number of amides is 2. The quantitative estimate of drug-likeness (QED) is 0.193. The van der Waals surface area contributed by atoms with E-state index in [9.17, 15) is 24.3 Å². The Labute approximate surface area is 218 Å². The van der Waals surface area contributed by atoms with Gasteiger partial charge in [-0.1, -0.05) is 0 Å². The first kappa shape index (κ1) is 30.0. The van der Waals surface area contributed by atoms with Gasteiger partial charge in [0.15, 0.2) is 11.5 Å². The van der Waals surface area contributed by atoms with Gasteiger partial charge in [-0.2, -0.15) is 0 Å². The van der Waals surface area contributed by atoms with E-state index in [2.05, 4.69) is 10.6 Å². The smallest absolute Gasteiger partial charge is 0.322 e. The van der Waals surface area contributed by atoms with Crippen LogP contribution in [0.15, 0.2) is 12.1 Å². The SMILES string of the molecule is COc1cc2c(cc1OC)[C@H](SC[C@H](NC(=O)CC[C@H](N)C(=O)O)C(=O)NCC(=O)O)[C@H](O)C(C)(C)O2. The molecule has 14 heteroatoms. The predicted octanol–water partition coefficient (Wildman–Crippen LogP) is -0.112. The molecule has 2 rings (SSSR count). The Morgan fingerprint density at radius 1 is 1.16 bits per heavy atom. The second kappa shape index (κ2) is 12.8. The third kappa shape index (κ3) is 7.87. The monoisotopic (exact) mass is 543 g/mol. The molecule has 0 unspecified atom stereocenters. The van der Waals surface area contributed by atoms with Crippen molar-refractivity contribution in [3.05, 3.63) is 17.7 Å². The molecule has 0 aliphatic carbocycles. The number of ether oxygens (including phenoxy) is 3. The van der Waals surface area contributed by atoms with Gasteiger partial charge in [-0.3, -0.25) is 19.2 Å².